The summed E-state index contributed by atoms with van der Waals surface area (Å²) in [6, 6.07) is 6.51. The van der Waals surface area contributed by atoms with Crippen molar-refractivity contribution in [1.29, 1.82) is 0 Å². The first-order chi connectivity index (χ1) is 12.4. The van der Waals surface area contributed by atoms with Gasteiger partial charge in [0.25, 0.3) is 0 Å². The second-order valence-electron chi connectivity index (χ2n) is 5.72. The first-order valence-electron chi connectivity index (χ1n) is 8.11. The van der Waals surface area contributed by atoms with Gasteiger partial charge in [0, 0.05) is 5.75 Å². The highest BCUT2D eigenvalue weighted by atomic mass is 32.2. The molecule has 144 valence electrons. The molecule has 5 N–H and O–H groups in total. The summed E-state index contributed by atoms with van der Waals surface area (Å²) in [6.07, 6.45) is 2.48. The van der Waals surface area contributed by atoms with E-state index in [0.29, 0.717) is 18.6 Å². The Bertz CT molecular complexity index is 601. The number of carbonyl (C=O) groups excluding carboxylic acids is 2. The molecule has 0 unspecified atom stereocenters. The average Bonchev–Trinajstić information content (AvgIpc) is 2.63. The predicted molar refractivity (Wildman–Crippen MR) is 106 cm³/mol. The first-order valence-corrected chi connectivity index (χ1v) is 10.1. The molecule has 0 saturated carbocycles. The lowest BCUT2D eigenvalue weighted by atomic mass is 10.1. The Balaban J connectivity index is 2.61. The van der Waals surface area contributed by atoms with E-state index in [-0.39, 0.29) is 5.75 Å². The Labute approximate surface area is 162 Å². The van der Waals surface area contributed by atoms with Crippen LogP contribution in [0.5, 0.6) is 0 Å². The Kier molecular flexibility index (Phi) is 10.2. The molecule has 0 heterocycles. The molecule has 0 aliphatic carbocycles. The molecule has 0 saturated heterocycles. The van der Waals surface area contributed by atoms with E-state index in [1.165, 1.54) is 11.8 Å². The number of carboxylic acid groups (broad SMARTS) is 1. The normalized spacial score (nSPS) is 14.1. The number of hydrogen-bond acceptors (Lipinski definition) is 6. The van der Waals surface area contributed by atoms with E-state index in [1.807, 2.05) is 36.6 Å². The van der Waals surface area contributed by atoms with Crippen molar-refractivity contribution in [1.82, 2.24) is 10.6 Å². The highest BCUT2D eigenvalue weighted by molar-refractivity contribution is 7.98. The van der Waals surface area contributed by atoms with Crippen LogP contribution in [0, 0.1) is 0 Å². The van der Waals surface area contributed by atoms with Crippen LogP contribution in [-0.4, -0.2) is 58.8 Å². The molecule has 7 nitrogen and oxygen atoms in total. The van der Waals surface area contributed by atoms with Crippen LogP contribution in [-0.2, 0) is 20.8 Å². The number of aliphatic carboxylic acids is 1. The third-order valence-corrected chi connectivity index (χ3v) is 4.69. The molecule has 3 atom stereocenters. The van der Waals surface area contributed by atoms with Crippen LogP contribution < -0.4 is 16.4 Å². The first kappa shape index (κ1) is 22.3. The molecule has 0 radical (unpaired) electrons. The highest BCUT2D eigenvalue weighted by Gasteiger charge is 2.27. The van der Waals surface area contributed by atoms with Crippen LogP contribution >= 0.6 is 24.4 Å². The third kappa shape index (κ3) is 7.67. The van der Waals surface area contributed by atoms with E-state index >= 15 is 0 Å². The Hall–Kier alpha value is -1.71. The van der Waals surface area contributed by atoms with Gasteiger partial charge in [-0.05, 0) is 30.4 Å². The minimum absolute atomic E-state index is 0.0322. The Morgan fingerprint density at radius 1 is 1.15 bits per heavy atom. The maximum Gasteiger partial charge on any atom is 0.326 e. The maximum atomic E-state index is 12.3. The minimum atomic E-state index is -1.11. The lowest BCUT2D eigenvalue weighted by Gasteiger charge is -2.21. The summed E-state index contributed by atoms with van der Waals surface area (Å²) in [5.74, 6) is -1.56. The molecule has 1 rings (SSSR count). The molecule has 0 fully saturated rings. The number of nitrogens with two attached hydrogens (primary N) is 1. The molecule has 1 aromatic carbocycles. The smallest absolute Gasteiger partial charge is 0.326 e. The molecule has 0 aliphatic rings. The van der Waals surface area contributed by atoms with Gasteiger partial charge >= 0.3 is 5.97 Å². The number of benzene rings is 1. The van der Waals surface area contributed by atoms with Crippen LogP contribution in [0.15, 0.2) is 30.3 Å². The van der Waals surface area contributed by atoms with E-state index in [4.69, 9.17) is 5.73 Å². The largest absolute Gasteiger partial charge is 0.480 e. The van der Waals surface area contributed by atoms with Crippen molar-refractivity contribution in [2.24, 2.45) is 5.73 Å². The molecule has 0 aliphatic heterocycles. The van der Waals surface area contributed by atoms with Gasteiger partial charge in [-0.1, -0.05) is 30.3 Å². The number of thioether (sulfide) groups is 1. The van der Waals surface area contributed by atoms with Crippen LogP contribution in [0.1, 0.15) is 12.0 Å². The van der Waals surface area contributed by atoms with Crippen molar-refractivity contribution >= 4 is 42.2 Å². The van der Waals surface area contributed by atoms with Gasteiger partial charge in [0.2, 0.25) is 11.8 Å². The van der Waals surface area contributed by atoms with Crippen LogP contribution in [0.4, 0.5) is 0 Å². The van der Waals surface area contributed by atoms with E-state index in [1.54, 1.807) is 0 Å². The van der Waals surface area contributed by atoms with Gasteiger partial charge in [0.05, 0.1) is 6.04 Å². The van der Waals surface area contributed by atoms with Crippen LogP contribution in [0.2, 0.25) is 0 Å². The predicted octanol–water partition coefficient (Wildman–Crippen LogP) is 0.294. The second-order valence-corrected chi connectivity index (χ2v) is 7.07. The van der Waals surface area contributed by atoms with Crippen molar-refractivity contribution in [3.63, 3.8) is 0 Å². The van der Waals surface area contributed by atoms with E-state index in [0.717, 1.165) is 5.56 Å². The summed E-state index contributed by atoms with van der Waals surface area (Å²) in [5.41, 5.74) is 6.81. The number of carbonyl (C=O) groups is 3. The summed E-state index contributed by atoms with van der Waals surface area (Å²) in [6.45, 7) is 0. The van der Waals surface area contributed by atoms with Crippen molar-refractivity contribution in [2.75, 3.05) is 17.8 Å². The minimum Gasteiger partial charge on any atom is -0.480 e. The molecule has 9 heteroatoms. The van der Waals surface area contributed by atoms with Gasteiger partial charge in [-0.25, -0.2) is 4.79 Å². The van der Waals surface area contributed by atoms with Gasteiger partial charge in [-0.15, -0.1) is 0 Å². The number of carboxylic acids is 1. The second kappa shape index (κ2) is 11.8. The zero-order valence-electron chi connectivity index (χ0n) is 14.6. The van der Waals surface area contributed by atoms with E-state index in [2.05, 4.69) is 23.3 Å². The number of rotatable bonds is 11. The lowest BCUT2D eigenvalue weighted by molar-refractivity contribution is -0.142. The van der Waals surface area contributed by atoms with E-state index < -0.39 is 35.9 Å². The average molecular weight is 400 g/mol. The summed E-state index contributed by atoms with van der Waals surface area (Å²) in [7, 11) is 0. The third-order valence-electron chi connectivity index (χ3n) is 3.68. The highest BCUT2D eigenvalue weighted by Crippen LogP contribution is 2.04. The standard InChI is InChI=1S/C17H25N3O4S2/c1-26-8-7-13(17(23)24)19-16(22)14(10-25)20-15(21)12(18)9-11-5-3-2-4-6-11/h2-6,12-14,25H,7-10,18H2,1H3,(H,19,22)(H,20,21)(H,23,24)/t12-,13-,14-/m0/s1. The number of hydrogen-bond donors (Lipinski definition) is 5. The topological polar surface area (TPSA) is 122 Å². The number of thiol groups is 1. The van der Waals surface area contributed by atoms with Crippen LogP contribution in [0.25, 0.3) is 0 Å². The summed E-state index contributed by atoms with van der Waals surface area (Å²) >= 11 is 5.56. The molecule has 26 heavy (non-hydrogen) atoms. The quantitative estimate of drug-likeness (QED) is 0.341. The van der Waals surface area contributed by atoms with Crippen LogP contribution in [0.3, 0.4) is 0 Å². The Morgan fingerprint density at radius 2 is 1.77 bits per heavy atom. The van der Waals surface area contributed by atoms with Gasteiger partial charge in [-0.2, -0.15) is 24.4 Å². The van der Waals surface area contributed by atoms with Gasteiger partial charge in [-0.3, -0.25) is 9.59 Å². The van der Waals surface area contributed by atoms with Crippen molar-refractivity contribution in [2.45, 2.75) is 31.0 Å². The number of amides is 2. The fraction of sp³-hybridized carbons (Fsp3) is 0.471. The van der Waals surface area contributed by atoms with Gasteiger partial charge in [0.15, 0.2) is 0 Å². The lowest BCUT2D eigenvalue weighted by Crippen LogP contribution is -2.55. The molecule has 2 amide bonds. The fourth-order valence-electron chi connectivity index (χ4n) is 2.20. The van der Waals surface area contributed by atoms with Crippen molar-refractivity contribution in [3.05, 3.63) is 35.9 Å². The molecular weight excluding hydrogens is 374 g/mol. The van der Waals surface area contributed by atoms with Gasteiger partial charge < -0.3 is 21.5 Å². The maximum absolute atomic E-state index is 12.3. The molecule has 0 spiro atoms. The van der Waals surface area contributed by atoms with E-state index in [9.17, 15) is 19.5 Å². The van der Waals surface area contributed by atoms with Crippen molar-refractivity contribution < 1.29 is 19.5 Å². The number of nitrogens with one attached hydrogen (secondary N) is 2. The SMILES string of the molecule is CSCC[C@H](NC(=O)[C@H](CS)NC(=O)[C@@H](N)Cc1ccccc1)C(=O)O. The summed E-state index contributed by atoms with van der Waals surface area (Å²) in [4.78, 5) is 35.8. The zero-order valence-corrected chi connectivity index (χ0v) is 16.3. The molecule has 0 aromatic heterocycles. The fourth-order valence-corrected chi connectivity index (χ4v) is 2.93. The molecule has 0 bridgehead atoms. The summed E-state index contributed by atoms with van der Waals surface area (Å²) < 4.78 is 0. The molecular formula is C17H25N3O4S2. The van der Waals surface area contributed by atoms with Gasteiger partial charge in [0.1, 0.15) is 12.1 Å². The van der Waals surface area contributed by atoms with Crippen molar-refractivity contribution in [3.8, 4) is 0 Å². The molecule has 1 aromatic rings. The zero-order chi connectivity index (χ0) is 19.5. The Morgan fingerprint density at radius 3 is 2.31 bits per heavy atom. The monoisotopic (exact) mass is 399 g/mol. The summed E-state index contributed by atoms with van der Waals surface area (Å²) in [5, 5.41) is 14.2.